The second-order valence-electron chi connectivity index (χ2n) is 7.12. The number of anilines is 2. The van der Waals surface area contributed by atoms with E-state index in [9.17, 15) is 4.79 Å². The highest BCUT2D eigenvalue weighted by atomic mass is 32.1. The number of thiophene rings is 1. The lowest BCUT2D eigenvalue weighted by Crippen LogP contribution is -2.13. The van der Waals surface area contributed by atoms with Gasteiger partial charge in [-0.05, 0) is 57.8 Å². The number of carbonyl (C=O) groups excluding carboxylic acids is 1. The van der Waals surface area contributed by atoms with Crippen LogP contribution in [0, 0.1) is 0 Å². The van der Waals surface area contributed by atoms with Crippen molar-refractivity contribution in [3.63, 3.8) is 0 Å². The highest BCUT2D eigenvalue weighted by molar-refractivity contribution is 7.08. The number of ether oxygens (including phenoxy) is 1. The fraction of sp³-hybridized carbons (Fsp3) is 0.174. The second kappa shape index (κ2) is 9.44. The number of nitrogen functional groups attached to an aromatic ring is 1. The van der Waals surface area contributed by atoms with Crippen molar-refractivity contribution in [2.45, 2.75) is 19.4 Å². The van der Waals surface area contributed by atoms with Crippen LogP contribution >= 0.6 is 11.3 Å². The number of nitrogens with two attached hydrogens (primary N) is 1. The molecule has 2 heterocycles. The summed E-state index contributed by atoms with van der Waals surface area (Å²) in [5, 5.41) is 15.3. The molecule has 0 saturated heterocycles. The van der Waals surface area contributed by atoms with Crippen molar-refractivity contribution in [3.05, 3.63) is 76.7 Å². The van der Waals surface area contributed by atoms with Crippen LogP contribution in [-0.4, -0.2) is 28.0 Å². The second-order valence-corrected chi connectivity index (χ2v) is 7.90. The molecule has 0 spiro atoms. The molecule has 2 aromatic heterocycles. The molecule has 4 aromatic rings. The van der Waals surface area contributed by atoms with Crippen LogP contribution in [0.2, 0.25) is 0 Å². The standard InChI is InChI=1S/C23H23N5O2S/c1-30-20-6-2-16(3-7-20)13-28-14-19(26-27-28)5-9-23(29)25-22-12-17(4-8-21(22)24)18-10-11-31-15-18/h2-4,6-8,10-12,14-15H,5,9,13,24H2,1H3,(H,25,29). The van der Waals surface area contributed by atoms with Gasteiger partial charge in [0.15, 0.2) is 0 Å². The smallest absolute Gasteiger partial charge is 0.224 e. The number of amides is 1. The Morgan fingerprint density at radius 1 is 1.16 bits per heavy atom. The summed E-state index contributed by atoms with van der Waals surface area (Å²) in [5.74, 6) is 0.703. The monoisotopic (exact) mass is 433 g/mol. The molecule has 0 aliphatic rings. The average molecular weight is 434 g/mol. The van der Waals surface area contributed by atoms with Crippen LogP contribution in [-0.2, 0) is 17.8 Å². The quantitative estimate of drug-likeness (QED) is 0.406. The molecule has 2 aromatic carbocycles. The van der Waals surface area contributed by atoms with Crippen molar-refractivity contribution < 1.29 is 9.53 Å². The van der Waals surface area contributed by atoms with Gasteiger partial charge in [-0.15, -0.1) is 5.10 Å². The van der Waals surface area contributed by atoms with Gasteiger partial charge in [0.2, 0.25) is 5.91 Å². The lowest BCUT2D eigenvalue weighted by molar-refractivity contribution is -0.116. The number of nitrogens with one attached hydrogen (secondary N) is 1. The van der Waals surface area contributed by atoms with Gasteiger partial charge in [-0.25, -0.2) is 4.68 Å². The third kappa shape index (κ3) is 5.29. The van der Waals surface area contributed by atoms with Gasteiger partial charge < -0.3 is 15.8 Å². The third-order valence-electron chi connectivity index (χ3n) is 4.88. The highest BCUT2D eigenvalue weighted by Gasteiger charge is 2.10. The van der Waals surface area contributed by atoms with Gasteiger partial charge >= 0.3 is 0 Å². The number of methoxy groups -OCH3 is 1. The van der Waals surface area contributed by atoms with Gasteiger partial charge in [-0.3, -0.25) is 4.79 Å². The summed E-state index contributed by atoms with van der Waals surface area (Å²) in [5.41, 5.74) is 11.2. The maximum atomic E-state index is 12.5. The zero-order valence-corrected chi connectivity index (χ0v) is 17.9. The molecule has 8 heteroatoms. The fourth-order valence-electron chi connectivity index (χ4n) is 3.18. The van der Waals surface area contributed by atoms with E-state index in [0.717, 1.165) is 28.1 Å². The lowest BCUT2D eigenvalue weighted by Gasteiger charge is -2.10. The molecule has 7 nitrogen and oxygen atoms in total. The summed E-state index contributed by atoms with van der Waals surface area (Å²) in [6.45, 7) is 0.606. The first-order valence-electron chi connectivity index (χ1n) is 9.84. The van der Waals surface area contributed by atoms with Gasteiger partial charge in [0.05, 0.1) is 30.7 Å². The van der Waals surface area contributed by atoms with Crippen molar-refractivity contribution in [3.8, 4) is 16.9 Å². The van der Waals surface area contributed by atoms with Crippen LogP contribution < -0.4 is 15.8 Å². The van der Waals surface area contributed by atoms with Gasteiger partial charge in [0, 0.05) is 19.0 Å². The Hall–Kier alpha value is -3.65. The molecule has 0 unspecified atom stereocenters. The van der Waals surface area contributed by atoms with Crippen molar-refractivity contribution in [2.75, 3.05) is 18.2 Å². The summed E-state index contributed by atoms with van der Waals surface area (Å²) >= 11 is 1.63. The van der Waals surface area contributed by atoms with Crippen LogP contribution in [0.3, 0.4) is 0 Å². The molecule has 0 radical (unpaired) electrons. The normalized spacial score (nSPS) is 10.7. The minimum atomic E-state index is -0.112. The van der Waals surface area contributed by atoms with E-state index in [1.807, 2.05) is 60.1 Å². The summed E-state index contributed by atoms with van der Waals surface area (Å²) in [6, 6.07) is 15.5. The van der Waals surface area contributed by atoms with E-state index in [-0.39, 0.29) is 5.91 Å². The Kier molecular flexibility index (Phi) is 6.28. The number of benzene rings is 2. The number of aromatic nitrogens is 3. The summed E-state index contributed by atoms with van der Waals surface area (Å²) in [4.78, 5) is 12.5. The number of nitrogens with zero attached hydrogens (tertiary/aromatic N) is 3. The molecule has 0 saturated carbocycles. The fourth-order valence-corrected chi connectivity index (χ4v) is 3.84. The van der Waals surface area contributed by atoms with Crippen LogP contribution in [0.25, 0.3) is 11.1 Å². The Bertz CT molecular complexity index is 1150. The number of carbonyl (C=O) groups is 1. The predicted molar refractivity (Wildman–Crippen MR) is 123 cm³/mol. The Balaban J connectivity index is 1.32. The van der Waals surface area contributed by atoms with Crippen molar-refractivity contribution in [1.29, 1.82) is 0 Å². The molecule has 0 aliphatic carbocycles. The van der Waals surface area contributed by atoms with Crippen LogP contribution in [0.1, 0.15) is 17.7 Å². The summed E-state index contributed by atoms with van der Waals surface area (Å²) < 4.78 is 6.93. The molecule has 1 amide bonds. The SMILES string of the molecule is COc1ccc(Cn2cc(CCC(=O)Nc3cc(-c4ccsc4)ccc3N)nn2)cc1. The molecule has 3 N–H and O–H groups in total. The first-order valence-corrected chi connectivity index (χ1v) is 10.8. The average Bonchev–Trinajstić information content (AvgIpc) is 3.47. The summed E-state index contributed by atoms with van der Waals surface area (Å²) in [6.07, 6.45) is 2.66. The molecule has 0 atom stereocenters. The topological polar surface area (TPSA) is 95.1 Å². The Morgan fingerprint density at radius 2 is 2.00 bits per heavy atom. The zero-order valence-electron chi connectivity index (χ0n) is 17.1. The maximum absolute atomic E-state index is 12.5. The molecule has 158 valence electrons. The van der Waals surface area contributed by atoms with Crippen LogP contribution in [0.5, 0.6) is 5.75 Å². The van der Waals surface area contributed by atoms with Gasteiger partial charge in [0.25, 0.3) is 0 Å². The molecular weight excluding hydrogens is 410 g/mol. The van der Waals surface area contributed by atoms with E-state index in [0.29, 0.717) is 30.8 Å². The first-order chi connectivity index (χ1) is 15.1. The summed E-state index contributed by atoms with van der Waals surface area (Å²) in [7, 11) is 1.64. The number of hydrogen-bond donors (Lipinski definition) is 2. The van der Waals surface area contributed by atoms with Gasteiger partial charge in [-0.1, -0.05) is 23.4 Å². The zero-order chi connectivity index (χ0) is 21.6. The molecule has 4 rings (SSSR count). The van der Waals surface area contributed by atoms with Crippen molar-refractivity contribution in [2.24, 2.45) is 0 Å². The number of aryl methyl sites for hydroxylation is 1. The van der Waals surface area contributed by atoms with E-state index < -0.39 is 0 Å². The lowest BCUT2D eigenvalue weighted by atomic mass is 10.1. The Labute approximate surface area is 184 Å². The molecule has 31 heavy (non-hydrogen) atoms. The molecular formula is C23H23N5O2S. The first kappa shape index (κ1) is 20.6. The minimum absolute atomic E-state index is 0.112. The van der Waals surface area contributed by atoms with E-state index in [4.69, 9.17) is 10.5 Å². The predicted octanol–water partition coefficient (Wildman–Crippen LogP) is 4.22. The van der Waals surface area contributed by atoms with E-state index in [1.165, 1.54) is 0 Å². The minimum Gasteiger partial charge on any atom is -0.497 e. The van der Waals surface area contributed by atoms with Crippen LogP contribution in [0.15, 0.2) is 65.5 Å². The van der Waals surface area contributed by atoms with Gasteiger partial charge in [-0.2, -0.15) is 11.3 Å². The van der Waals surface area contributed by atoms with Crippen molar-refractivity contribution in [1.82, 2.24) is 15.0 Å². The molecule has 0 fully saturated rings. The van der Waals surface area contributed by atoms with Crippen molar-refractivity contribution >= 4 is 28.6 Å². The Morgan fingerprint density at radius 3 is 2.74 bits per heavy atom. The van der Waals surface area contributed by atoms with Crippen LogP contribution in [0.4, 0.5) is 11.4 Å². The van der Waals surface area contributed by atoms with E-state index in [1.54, 1.807) is 23.1 Å². The van der Waals surface area contributed by atoms with E-state index in [2.05, 4.69) is 21.0 Å². The van der Waals surface area contributed by atoms with E-state index >= 15 is 0 Å². The number of rotatable bonds is 8. The third-order valence-corrected chi connectivity index (χ3v) is 5.56. The number of hydrogen-bond acceptors (Lipinski definition) is 6. The largest absolute Gasteiger partial charge is 0.497 e. The van der Waals surface area contributed by atoms with Gasteiger partial charge in [0.1, 0.15) is 5.75 Å². The maximum Gasteiger partial charge on any atom is 0.224 e. The highest BCUT2D eigenvalue weighted by Crippen LogP contribution is 2.28. The molecule has 0 aliphatic heterocycles. The molecule has 0 bridgehead atoms.